The predicted molar refractivity (Wildman–Crippen MR) is 101 cm³/mol. The van der Waals surface area contributed by atoms with Crippen LogP contribution < -0.4 is 10.5 Å². The molecule has 0 aromatic carbocycles. The van der Waals surface area contributed by atoms with E-state index in [2.05, 4.69) is 18.7 Å². The Morgan fingerprint density at radius 2 is 1.86 bits per heavy atom. The van der Waals surface area contributed by atoms with Gasteiger partial charge in [-0.1, -0.05) is 13.8 Å². The summed E-state index contributed by atoms with van der Waals surface area (Å²) in [6.07, 6.45) is -1.25. The highest BCUT2D eigenvalue weighted by molar-refractivity contribution is 6.04. The summed E-state index contributed by atoms with van der Waals surface area (Å²) in [6, 6.07) is 3.28. The number of hydrogen-bond donors (Lipinski definition) is 1. The van der Waals surface area contributed by atoms with Gasteiger partial charge in [0.2, 0.25) is 11.5 Å². The molecule has 10 heteroatoms. The summed E-state index contributed by atoms with van der Waals surface area (Å²) in [4.78, 5) is 37.4. The number of carboxylic acids is 1. The average Bonchev–Trinajstić information content (AvgIpc) is 2.61. The second-order valence-electron chi connectivity index (χ2n) is 8.04. The van der Waals surface area contributed by atoms with Crippen molar-refractivity contribution in [1.29, 1.82) is 0 Å². The quantitative estimate of drug-likeness (QED) is 0.762. The van der Waals surface area contributed by atoms with E-state index in [1.54, 1.807) is 19.3 Å². The lowest BCUT2D eigenvalue weighted by Crippen LogP contribution is -2.67. The van der Waals surface area contributed by atoms with Crippen molar-refractivity contribution in [3.63, 3.8) is 0 Å². The molecule has 2 aliphatic heterocycles. The van der Waals surface area contributed by atoms with Gasteiger partial charge in [-0.3, -0.25) is 9.59 Å². The number of rotatable bonds is 3. The number of halogens is 3. The van der Waals surface area contributed by atoms with E-state index in [0.29, 0.717) is 5.92 Å². The van der Waals surface area contributed by atoms with E-state index in [1.807, 2.05) is 4.90 Å². The third kappa shape index (κ3) is 5.37. The molecule has 2 saturated heterocycles. The molecule has 7 nitrogen and oxygen atoms in total. The normalized spacial score (nSPS) is 22.3. The first-order chi connectivity index (χ1) is 13.4. The number of aryl methyl sites for hydroxylation is 1. The highest BCUT2D eigenvalue weighted by Gasteiger charge is 2.54. The Morgan fingerprint density at radius 1 is 1.24 bits per heavy atom. The Hall–Kier alpha value is -2.36. The molecule has 3 heterocycles. The van der Waals surface area contributed by atoms with E-state index in [-0.39, 0.29) is 16.9 Å². The molecule has 1 spiro atoms. The molecule has 1 atom stereocenters. The fraction of sp³-hybridized carbons (Fsp3) is 0.632. The van der Waals surface area contributed by atoms with E-state index in [9.17, 15) is 22.8 Å². The van der Waals surface area contributed by atoms with Gasteiger partial charge < -0.3 is 19.5 Å². The number of likely N-dealkylation sites (tertiary alicyclic amines) is 1. The van der Waals surface area contributed by atoms with Crippen molar-refractivity contribution in [2.24, 2.45) is 18.4 Å². The number of amides is 1. The number of nitrogens with zero attached hydrogens (tertiary/aromatic N) is 3. The monoisotopic (exact) mass is 417 g/mol. The Balaban J connectivity index is 0.000000370. The predicted octanol–water partition coefficient (Wildman–Crippen LogP) is 2.10. The van der Waals surface area contributed by atoms with Gasteiger partial charge in [0.1, 0.15) is 0 Å². The van der Waals surface area contributed by atoms with Crippen molar-refractivity contribution < 1.29 is 27.9 Å². The zero-order valence-electron chi connectivity index (χ0n) is 16.7. The van der Waals surface area contributed by atoms with Crippen molar-refractivity contribution in [3.8, 4) is 0 Å². The lowest BCUT2D eigenvalue weighted by atomic mass is 9.72. The maximum Gasteiger partial charge on any atom is 0.490 e. The maximum absolute atomic E-state index is 12.8. The second-order valence-corrected chi connectivity index (χ2v) is 8.04. The number of carbonyl (C=O) groups is 2. The summed E-state index contributed by atoms with van der Waals surface area (Å²) in [6.45, 7) is 8.27. The van der Waals surface area contributed by atoms with Gasteiger partial charge in [-0.25, -0.2) is 4.79 Å². The average molecular weight is 417 g/mol. The van der Waals surface area contributed by atoms with Gasteiger partial charge in [0.15, 0.2) is 0 Å². The van der Waals surface area contributed by atoms with Crippen LogP contribution in [0.5, 0.6) is 0 Å². The van der Waals surface area contributed by atoms with Crippen molar-refractivity contribution in [3.05, 3.63) is 28.7 Å². The fourth-order valence-corrected chi connectivity index (χ4v) is 3.79. The highest BCUT2D eigenvalue weighted by atomic mass is 19.4. The maximum atomic E-state index is 12.8. The number of aromatic nitrogens is 1. The number of carbonyl (C=O) groups excluding carboxylic acids is 1. The summed E-state index contributed by atoms with van der Waals surface area (Å²) in [5.41, 5.74) is 0.591. The van der Waals surface area contributed by atoms with Gasteiger partial charge in [-0.05, 0) is 31.4 Å². The fourth-order valence-electron chi connectivity index (χ4n) is 3.79. The molecule has 162 valence electrons. The standard InChI is InChI=1S/C17H25N3O2.C2HF3O2/c1-13(2)9-19-8-4-7-17(11-19)12-20(16(17)22)14-5-6-15(21)18(3)10-14;3-2(4,5)1(6)7/h5-6,10,13H,4,7-9,11-12H2,1-3H3;(H,6,7). The molecule has 0 aliphatic carbocycles. The van der Waals surface area contributed by atoms with Gasteiger partial charge in [0.25, 0.3) is 0 Å². The number of hydrogen-bond acceptors (Lipinski definition) is 4. The number of alkyl halides is 3. The van der Waals surface area contributed by atoms with Crippen LogP contribution in [-0.2, 0) is 16.6 Å². The third-order valence-corrected chi connectivity index (χ3v) is 5.06. The number of piperidine rings is 1. The highest BCUT2D eigenvalue weighted by Crippen LogP contribution is 2.42. The third-order valence-electron chi connectivity index (χ3n) is 5.06. The van der Waals surface area contributed by atoms with Gasteiger partial charge in [0.05, 0.1) is 11.1 Å². The first-order valence-corrected chi connectivity index (χ1v) is 9.37. The SMILES string of the molecule is CC(C)CN1CCCC2(C1)CN(c1ccc(=O)n(C)c1)C2=O.O=C(O)C(F)(F)F. The number of anilines is 1. The van der Waals surface area contributed by atoms with Gasteiger partial charge >= 0.3 is 12.1 Å². The summed E-state index contributed by atoms with van der Waals surface area (Å²) in [5.74, 6) is -1.91. The Labute approximate surface area is 166 Å². The van der Waals surface area contributed by atoms with Crippen molar-refractivity contribution in [1.82, 2.24) is 9.47 Å². The van der Waals surface area contributed by atoms with E-state index in [4.69, 9.17) is 9.90 Å². The van der Waals surface area contributed by atoms with Crippen LogP contribution in [0.15, 0.2) is 23.1 Å². The number of β-lactam (4-membered cyclic amide) rings is 1. The Morgan fingerprint density at radius 3 is 2.34 bits per heavy atom. The largest absolute Gasteiger partial charge is 0.490 e. The Kier molecular flexibility index (Phi) is 6.77. The summed E-state index contributed by atoms with van der Waals surface area (Å²) < 4.78 is 33.3. The Bertz CT molecular complexity index is 822. The van der Waals surface area contributed by atoms with Crippen LogP contribution in [0.3, 0.4) is 0 Å². The molecular formula is C19H26F3N3O4. The molecule has 0 bridgehead atoms. The second kappa shape index (κ2) is 8.56. The molecule has 3 rings (SSSR count). The summed E-state index contributed by atoms with van der Waals surface area (Å²) in [7, 11) is 1.72. The van der Waals surface area contributed by atoms with Crippen molar-refractivity contribution in [2.45, 2.75) is 32.9 Å². The van der Waals surface area contributed by atoms with E-state index < -0.39 is 12.1 Å². The first kappa shape index (κ1) is 22.9. The van der Waals surface area contributed by atoms with Gasteiger partial charge in [-0.15, -0.1) is 0 Å². The van der Waals surface area contributed by atoms with E-state index >= 15 is 0 Å². The van der Waals surface area contributed by atoms with Crippen LogP contribution in [0.1, 0.15) is 26.7 Å². The number of aliphatic carboxylic acids is 1. The summed E-state index contributed by atoms with van der Waals surface area (Å²) in [5, 5.41) is 7.12. The van der Waals surface area contributed by atoms with Crippen LogP contribution in [0.25, 0.3) is 0 Å². The molecule has 1 amide bonds. The smallest absolute Gasteiger partial charge is 0.475 e. The molecular weight excluding hydrogens is 391 g/mol. The lowest BCUT2D eigenvalue weighted by Gasteiger charge is -2.53. The molecule has 0 saturated carbocycles. The van der Waals surface area contributed by atoms with Crippen LogP contribution in [-0.4, -0.2) is 58.8 Å². The molecule has 2 aliphatic rings. The van der Waals surface area contributed by atoms with Crippen LogP contribution in [0, 0.1) is 11.3 Å². The zero-order valence-corrected chi connectivity index (χ0v) is 16.7. The minimum atomic E-state index is -5.08. The molecule has 1 N–H and O–H groups in total. The van der Waals surface area contributed by atoms with Crippen LogP contribution >= 0.6 is 0 Å². The summed E-state index contributed by atoms with van der Waals surface area (Å²) >= 11 is 0. The van der Waals surface area contributed by atoms with E-state index in [1.165, 1.54) is 10.6 Å². The molecule has 1 unspecified atom stereocenters. The molecule has 29 heavy (non-hydrogen) atoms. The van der Waals surface area contributed by atoms with Crippen molar-refractivity contribution in [2.75, 3.05) is 31.1 Å². The molecule has 0 radical (unpaired) electrons. The van der Waals surface area contributed by atoms with Crippen LogP contribution in [0.4, 0.5) is 18.9 Å². The molecule has 1 aromatic rings. The topological polar surface area (TPSA) is 82.8 Å². The van der Waals surface area contributed by atoms with Gasteiger partial charge in [0, 0.05) is 38.9 Å². The van der Waals surface area contributed by atoms with Crippen molar-refractivity contribution >= 4 is 17.6 Å². The minimum Gasteiger partial charge on any atom is -0.475 e. The zero-order chi connectivity index (χ0) is 22.0. The minimum absolute atomic E-state index is 0.0489. The lowest BCUT2D eigenvalue weighted by molar-refractivity contribution is -0.192. The number of pyridine rings is 1. The number of carboxylic acid groups (broad SMARTS) is 1. The van der Waals surface area contributed by atoms with Gasteiger partial charge in [-0.2, -0.15) is 13.2 Å². The molecule has 2 fully saturated rings. The van der Waals surface area contributed by atoms with Crippen LogP contribution in [0.2, 0.25) is 0 Å². The van der Waals surface area contributed by atoms with E-state index in [0.717, 1.165) is 44.7 Å². The first-order valence-electron chi connectivity index (χ1n) is 9.37. The molecule has 1 aromatic heterocycles.